The zero-order valence-electron chi connectivity index (χ0n) is 19.9. The second-order valence-electron chi connectivity index (χ2n) is 9.27. The molecule has 4 heterocycles. The molecule has 0 aliphatic carbocycles. The van der Waals surface area contributed by atoms with Crippen molar-refractivity contribution in [3.8, 4) is 0 Å². The number of carbonyl (C=O) groups excluding carboxylic acids is 1. The van der Waals surface area contributed by atoms with E-state index in [1.54, 1.807) is 18.9 Å². The van der Waals surface area contributed by atoms with Crippen LogP contribution in [-0.4, -0.2) is 94.6 Å². The fourth-order valence-electron chi connectivity index (χ4n) is 5.72. The van der Waals surface area contributed by atoms with Crippen LogP contribution in [0.2, 0.25) is 0 Å². The van der Waals surface area contributed by atoms with Gasteiger partial charge in [-0.15, -0.1) is 23.5 Å². The average Bonchev–Trinajstić information content (AvgIpc) is 3.51. The SMILES string of the molecule is CCC1([C@@H](C)[C@H](O)[C@@H]2CSC[C@@H]([C@H](OCOC)[C@H]3CSCCC34OCCO4)C2=O)SCCS1. The summed E-state index contributed by atoms with van der Waals surface area (Å²) < 4.78 is 23.8. The van der Waals surface area contributed by atoms with Gasteiger partial charge in [-0.3, -0.25) is 4.79 Å². The molecule has 33 heavy (non-hydrogen) atoms. The topological polar surface area (TPSA) is 74.2 Å². The van der Waals surface area contributed by atoms with Gasteiger partial charge in [-0.1, -0.05) is 13.8 Å². The van der Waals surface area contributed by atoms with Gasteiger partial charge in [0, 0.05) is 54.1 Å². The van der Waals surface area contributed by atoms with Crippen molar-refractivity contribution in [2.75, 3.05) is 61.6 Å². The van der Waals surface area contributed by atoms with Crippen molar-refractivity contribution in [2.24, 2.45) is 23.7 Å². The largest absolute Gasteiger partial charge is 0.392 e. The van der Waals surface area contributed by atoms with E-state index in [0.29, 0.717) is 24.7 Å². The summed E-state index contributed by atoms with van der Waals surface area (Å²) in [5.74, 6) is 4.20. The normalized spacial score (nSPS) is 34.4. The van der Waals surface area contributed by atoms with Crippen LogP contribution in [0.4, 0.5) is 0 Å². The van der Waals surface area contributed by atoms with Gasteiger partial charge in [-0.25, -0.2) is 0 Å². The van der Waals surface area contributed by atoms with Gasteiger partial charge in [0.25, 0.3) is 0 Å². The van der Waals surface area contributed by atoms with Crippen LogP contribution in [0.3, 0.4) is 0 Å². The molecule has 6 nitrogen and oxygen atoms in total. The van der Waals surface area contributed by atoms with Crippen molar-refractivity contribution in [1.29, 1.82) is 0 Å². The summed E-state index contributed by atoms with van der Waals surface area (Å²) in [4.78, 5) is 13.9. The van der Waals surface area contributed by atoms with Gasteiger partial charge in [-0.2, -0.15) is 23.5 Å². The molecule has 1 N–H and O–H groups in total. The first kappa shape index (κ1) is 26.9. The molecule has 0 aromatic rings. The van der Waals surface area contributed by atoms with Crippen LogP contribution in [-0.2, 0) is 23.7 Å². The molecule has 4 rings (SSSR count). The van der Waals surface area contributed by atoms with Crippen LogP contribution in [0, 0.1) is 23.7 Å². The predicted molar refractivity (Wildman–Crippen MR) is 139 cm³/mol. The lowest BCUT2D eigenvalue weighted by atomic mass is 9.77. The van der Waals surface area contributed by atoms with E-state index in [2.05, 4.69) is 13.8 Å². The molecular weight excluding hydrogens is 501 g/mol. The second-order valence-corrected chi connectivity index (χ2v) is 14.6. The van der Waals surface area contributed by atoms with Crippen molar-refractivity contribution >= 4 is 52.8 Å². The number of thioether (sulfide) groups is 4. The Kier molecular flexibility index (Phi) is 9.74. The lowest BCUT2D eigenvalue weighted by molar-refractivity contribution is -0.234. The Bertz CT molecular complexity index is 655. The highest BCUT2D eigenvalue weighted by Crippen LogP contribution is 2.53. The summed E-state index contributed by atoms with van der Waals surface area (Å²) in [5.41, 5.74) is 0. The first-order chi connectivity index (χ1) is 16.0. The van der Waals surface area contributed by atoms with E-state index in [1.165, 1.54) is 0 Å². The van der Waals surface area contributed by atoms with Crippen LogP contribution in [0.5, 0.6) is 0 Å². The Morgan fingerprint density at radius 3 is 2.45 bits per heavy atom. The molecule has 1 spiro atoms. The molecule has 0 saturated carbocycles. The first-order valence-electron chi connectivity index (χ1n) is 12.0. The first-order valence-corrected chi connectivity index (χ1v) is 16.3. The molecule has 190 valence electrons. The summed E-state index contributed by atoms with van der Waals surface area (Å²) in [6, 6.07) is 0. The van der Waals surface area contributed by atoms with Gasteiger partial charge >= 0.3 is 0 Å². The van der Waals surface area contributed by atoms with E-state index in [9.17, 15) is 9.90 Å². The van der Waals surface area contributed by atoms with E-state index in [1.807, 2.05) is 35.3 Å². The number of aliphatic hydroxyl groups is 1. The zero-order chi connectivity index (χ0) is 23.5. The summed E-state index contributed by atoms with van der Waals surface area (Å²) >= 11 is 7.54. The molecule has 4 aliphatic heterocycles. The third-order valence-electron chi connectivity index (χ3n) is 7.62. The van der Waals surface area contributed by atoms with Crippen molar-refractivity contribution in [2.45, 2.75) is 48.8 Å². The van der Waals surface area contributed by atoms with Gasteiger partial charge in [0.1, 0.15) is 12.6 Å². The minimum absolute atomic E-state index is 0.00114. The van der Waals surface area contributed by atoms with Crippen molar-refractivity contribution in [1.82, 2.24) is 0 Å². The lowest BCUT2D eigenvalue weighted by Gasteiger charge is -2.46. The molecule has 0 aromatic heterocycles. The average molecular weight is 539 g/mol. The number of carbonyl (C=O) groups is 1. The summed E-state index contributed by atoms with van der Waals surface area (Å²) in [5, 5.41) is 11.5. The van der Waals surface area contributed by atoms with E-state index in [0.717, 1.165) is 35.9 Å². The molecule has 0 unspecified atom stereocenters. The van der Waals surface area contributed by atoms with Crippen molar-refractivity contribution in [3.05, 3.63) is 0 Å². The summed E-state index contributed by atoms with van der Waals surface area (Å²) in [6.07, 6.45) is 0.799. The number of rotatable bonds is 9. The monoisotopic (exact) mass is 538 g/mol. The molecule has 4 saturated heterocycles. The highest BCUT2D eigenvalue weighted by Gasteiger charge is 2.55. The third-order valence-corrected chi connectivity index (χ3v) is 14.0. The Morgan fingerprint density at radius 1 is 1.09 bits per heavy atom. The van der Waals surface area contributed by atoms with E-state index < -0.39 is 11.9 Å². The Hall–Kier alpha value is 0.870. The molecule has 6 atom stereocenters. The summed E-state index contributed by atoms with van der Waals surface area (Å²) in [6.45, 7) is 5.63. The maximum Gasteiger partial charge on any atom is 0.175 e. The number of ether oxygens (including phenoxy) is 4. The molecule has 4 fully saturated rings. The lowest BCUT2D eigenvalue weighted by Crippen LogP contribution is -2.56. The molecule has 0 aromatic carbocycles. The number of ketones is 1. The number of aliphatic hydroxyl groups excluding tert-OH is 1. The minimum atomic E-state index is -0.670. The second kappa shape index (κ2) is 11.9. The number of hydrogen-bond acceptors (Lipinski definition) is 10. The number of Topliss-reactive ketones (excluding diaryl/α,β-unsaturated/α-hetero) is 1. The maximum absolute atomic E-state index is 13.9. The van der Waals surface area contributed by atoms with Crippen LogP contribution in [0.25, 0.3) is 0 Å². The van der Waals surface area contributed by atoms with Gasteiger partial charge in [0.2, 0.25) is 0 Å². The maximum atomic E-state index is 13.9. The third kappa shape index (κ3) is 5.44. The smallest absolute Gasteiger partial charge is 0.175 e. The standard InChI is InChI=1S/C23H38O6S4/c1-4-23(32-9-10-33-23)15(2)19(24)16-11-31-12-17(20(16)25)21(27-14-26-3)18-13-30-8-5-22(18)28-6-7-29-22/h15-19,21,24H,4-14H2,1-3H3/t15-,16-,17+,18+,19-,21-/m0/s1. The molecule has 10 heteroatoms. The molecule has 0 radical (unpaired) electrons. The predicted octanol–water partition coefficient (Wildman–Crippen LogP) is 3.60. The van der Waals surface area contributed by atoms with Crippen LogP contribution < -0.4 is 0 Å². The number of hydrogen-bond donors (Lipinski definition) is 1. The quantitative estimate of drug-likeness (QED) is 0.440. The van der Waals surface area contributed by atoms with Crippen LogP contribution >= 0.6 is 47.0 Å². The highest BCUT2D eigenvalue weighted by molar-refractivity contribution is 8.21. The zero-order valence-corrected chi connectivity index (χ0v) is 23.1. The molecule has 0 bridgehead atoms. The van der Waals surface area contributed by atoms with Gasteiger partial charge < -0.3 is 24.1 Å². The fraction of sp³-hybridized carbons (Fsp3) is 0.957. The van der Waals surface area contributed by atoms with Crippen LogP contribution in [0.15, 0.2) is 0 Å². The van der Waals surface area contributed by atoms with Gasteiger partial charge in [0.05, 0.1) is 41.3 Å². The van der Waals surface area contributed by atoms with Gasteiger partial charge in [0.15, 0.2) is 5.79 Å². The van der Waals surface area contributed by atoms with E-state index in [4.69, 9.17) is 18.9 Å². The minimum Gasteiger partial charge on any atom is -0.392 e. The Labute approximate surface area is 215 Å². The molecular formula is C23H38O6S4. The van der Waals surface area contributed by atoms with Crippen molar-refractivity contribution in [3.63, 3.8) is 0 Å². The Balaban J connectivity index is 1.54. The fourth-order valence-corrected chi connectivity index (χ4v) is 11.8. The van der Waals surface area contributed by atoms with Gasteiger partial charge in [-0.05, 0) is 12.2 Å². The molecule has 4 aliphatic rings. The number of methoxy groups -OCH3 is 1. The van der Waals surface area contributed by atoms with Crippen molar-refractivity contribution < 1.29 is 28.8 Å². The molecule has 0 amide bonds. The Morgan fingerprint density at radius 2 is 1.79 bits per heavy atom. The van der Waals surface area contributed by atoms with E-state index >= 15 is 0 Å². The van der Waals surface area contributed by atoms with E-state index in [-0.39, 0.29) is 46.4 Å². The summed E-state index contributed by atoms with van der Waals surface area (Å²) in [7, 11) is 1.61. The van der Waals surface area contributed by atoms with Crippen LogP contribution in [0.1, 0.15) is 26.7 Å². The highest BCUT2D eigenvalue weighted by atomic mass is 32.2.